The lowest BCUT2D eigenvalue weighted by atomic mass is 10.0. The number of benzene rings is 1. The maximum Gasteiger partial charge on any atom is 0.270 e. The standard InChI is InChI=1S/C12H14F2/c1-4-9(2)10-6-5-7-11(8-10)12(3,13)14/h4-8H,1-3H3/b9-4+. The van der Waals surface area contributed by atoms with Gasteiger partial charge < -0.3 is 0 Å². The Morgan fingerprint density at radius 3 is 2.50 bits per heavy atom. The van der Waals surface area contributed by atoms with Crippen molar-refractivity contribution in [2.24, 2.45) is 0 Å². The molecule has 0 radical (unpaired) electrons. The van der Waals surface area contributed by atoms with Gasteiger partial charge in [-0.15, -0.1) is 0 Å². The molecule has 0 aliphatic carbocycles. The van der Waals surface area contributed by atoms with Crippen molar-refractivity contribution in [3.8, 4) is 0 Å². The molecule has 0 saturated heterocycles. The maximum atomic E-state index is 13.0. The molecular formula is C12H14F2. The molecule has 0 spiro atoms. The van der Waals surface area contributed by atoms with E-state index in [9.17, 15) is 8.78 Å². The molecular weight excluding hydrogens is 182 g/mol. The molecule has 0 unspecified atom stereocenters. The highest BCUT2D eigenvalue weighted by Gasteiger charge is 2.23. The summed E-state index contributed by atoms with van der Waals surface area (Å²) in [5.41, 5.74) is 1.93. The first kappa shape index (κ1) is 10.9. The summed E-state index contributed by atoms with van der Waals surface area (Å²) in [6.45, 7) is 4.72. The van der Waals surface area contributed by atoms with Crippen LogP contribution < -0.4 is 0 Å². The van der Waals surface area contributed by atoms with E-state index in [1.807, 2.05) is 26.0 Å². The fraction of sp³-hybridized carbons (Fsp3) is 0.333. The first-order valence-electron chi connectivity index (χ1n) is 4.57. The van der Waals surface area contributed by atoms with Gasteiger partial charge in [-0.05, 0) is 31.1 Å². The Labute approximate surface area is 83.3 Å². The Kier molecular flexibility index (Phi) is 3.04. The van der Waals surface area contributed by atoms with E-state index >= 15 is 0 Å². The molecule has 0 aliphatic rings. The fourth-order valence-corrected chi connectivity index (χ4v) is 1.20. The Hall–Kier alpha value is -1.18. The second-order valence-corrected chi connectivity index (χ2v) is 3.44. The van der Waals surface area contributed by atoms with Crippen LogP contribution in [0.1, 0.15) is 31.9 Å². The third kappa shape index (κ3) is 2.41. The van der Waals surface area contributed by atoms with E-state index in [-0.39, 0.29) is 5.56 Å². The second-order valence-electron chi connectivity index (χ2n) is 3.44. The van der Waals surface area contributed by atoms with Gasteiger partial charge in [-0.1, -0.05) is 24.3 Å². The van der Waals surface area contributed by atoms with E-state index in [1.54, 1.807) is 6.07 Å². The molecule has 0 aliphatic heterocycles. The SMILES string of the molecule is C/C=C(\C)c1cccc(C(C)(F)F)c1. The molecule has 0 N–H and O–H groups in total. The average Bonchev–Trinajstić information content (AvgIpc) is 2.15. The van der Waals surface area contributed by atoms with Crippen LogP contribution in [-0.2, 0) is 5.92 Å². The molecule has 14 heavy (non-hydrogen) atoms. The first-order chi connectivity index (χ1) is 6.45. The molecule has 76 valence electrons. The van der Waals surface area contributed by atoms with Crippen LogP contribution in [0.4, 0.5) is 8.78 Å². The van der Waals surface area contributed by atoms with Crippen molar-refractivity contribution in [1.29, 1.82) is 0 Å². The van der Waals surface area contributed by atoms with Crippen molar-refractivity contribution in [2.75, 3.05) is 0 Å². The summed E-state index contributed by atoms with van der Waals surface area (Å²) in [5, 5.41) is 0. The summed E-state index contributed by atoms with van der Waals surface area (Å²) < 4.78 is 26.0. The number of halogens is 2. The van der Waals surface area contributed by atoms with E-state index < -0.39 is 5.92 Å². The van der Waals surface area contributed by atoms with Crippen LogP contribution in [0.15, 0.2) is 30.3 Å². The van der Waals surface area contributed by atoms with Gasteiger partial charge >= 0.3 is 0 Å². The van der Waals surface area contributed by atoms with Gasteiger partial charge in [-0.3, -0.25) is 0 Å². The predicted octanol–water partition coefficient (Wildman–Crippen LogP) is 4.22. The number of hydrogen-bond acceptors (Lipinski definition) is 0. The van der Waals surface area contributed by atoms with Gasteiger partial charge in [0.05, 0.1) is 0 Å². The van der Waals surface area contributed by atoms with E-state index in [4.69, 9.17) is 0 Å². The number of hydrogen-bond donors (Lipinski definition) is 0. The highest BCUT2D eigenvalue weighted by Crippen LogP contribution is 2.28. The van der Waals surface area contributed by atoms with Crippen molar-refractivity contribution < 1.29 is 8.78 Å². The van der Waals surface area contributed by atoms with Gasteiger partial charge in [-0.2, -0.15) is 0 Å². The van der Waals surface area contributed by atoms with Crippen LogP contribution in [0, 0.1) is 0 Å². The molecule has 0 atom stereocenters. The molecule has 1 aromatic carbocycles. The molecule has 2 heteroatoms. The highest BCUT2D eigenvalue weighted by molar-refractivity contribution is 5.63. The summed E-state index contributed by atoms with van der Waals surface area (Å²) in [5.74, 6) is -2.76. The monoisotopic (exact) mass is 196 g/mol. The third-order valence-corrected chi connectivity index (χ3v) is 2.26. The van der Waals surface area contributed by atoms with E-state index in [1.165, 1.54) is 12.1 Å². The van der Waals surface area contributed by atoms with Gasteiger partial charge in [0.2, 0.25) is 0 Å². The van der Waals surface area contributed by atoms with Gasteiger partial charge in [-0.25, -0.2) is 8.78 Å². The molecule has 0 heterocycles. The molecule has 0 fully saturated rings. The van der Waals surface area contributed by atoms with Crippen LogP contribution in [0.2, 0.25) is 0 Å². The number of alkyl halides is 2. The predicted molar refractivity (Wildman–Crippen MR) is 55.3 cm³/mol. The average molecular weight is 196 g/mol. The van der Waals surface area contributed by atoms with Crippen LogP contribution >= 0.6 is 0 Å². The second kappa shape index (κ2) is 3.91. The van der Waals surface area contributed by atoms with E-state index in [0.717, 1.165) is 18.1 Å². The fourth-order valence-electron chi connectivity index (χ4n) is 1.20. The lowest BCUT2D eigenvalue weighted by molar-refractivity contribution is 0.0174. The zero-order valence-electron chi connectivity index (χ0n) is 8.64. The summed E-state index contributed by atoms with van der Waals surface area (Å²) >= 11 is 0. The molecule has 0 nitrogen and oxygen atoms in total. The summed E-state index contributed by atoms with van der Waals surface area (Å²) in [6, 6.07) is 6.49. The number of rotatable bonds is 2. The molecule has 0 amide bonds. The smallest absolute Gasteiger partial charge is 0.202 e. The van der Waals surface area contributed by atoms with Crippen LogP contribution in [0.5, 0.6) is 0 Å². The largest absolute Gasteiger partial charge is 0.270 e. The van der Waals surface area contributed by atoms with Crippen molar-refractivity contribution >= 4 is 5.57 Å². The minimum absolute atomic E-state index is 0.0659. The molecule has 0 aromatic heterocycles. The first-order valence-corrected chi connectivity index (χ1v) is 4.57. The normalized spacial score (nSPS) is 13.1. The van der Waals surface area contributed by atoms with Gasteiger partial charge in [0, 0.05) is 12.5 Å². The van der Waals surface area contributed by atoms with Crippen molar-refractivity contribution in [2.45, 2.75) is 26.7 Å². The van der Waals surface area contributed by atoms with Crippen LogP contribution in [0.25, 0.3) is 5.57 Å². The lowest BCUT2D eigenvalue weighted by Gasteiger charge is -2.11. The Balaban J connectivity index is 3.14. The van der Waals surface area contributed by atoms with Crippen molar-refractivity contribution in [1.82, 2.24) is 0 Å². The minimum Gasteiger partial charge on any atom is -0.202 e. The van der Waals surface area contributed by atoms with Gasteiger partial charge in [0.15, 0.2) is 0 Å². The molecule has 1 rings (SSSR count). The van der Waals surface area contributed by atoms with E-state index in [2.05, 4.69) is 0 Å². The summed E-state index contributed by atoms with van der Waals surface area (Å²) in [6.07, 6.45) is 1.91. The summed E-state index contributed by atoms with van der Waals surface area (Å²) in [4.78, 5) is 0. The maximum absolute atomic E-state index is 13.0. The zero-order chi connectivity index (χ0) is 10.8. The van der Waals surface area contributed by atoms with Crippen LogP contribution in [-0.4, -0.2) is 0 Å². The Morgan fingerprint density at radius 2 is 2.00 bits per heavy atom. The van der Waals surface area contributed by atoms with Crippen LogP contribution in [0.3, 0.4) is 0 Å². The third-order valence-electron chi connectivity index (χ3n) is 2.26. The van der Waals surface area contributed by atoms with Gasteiger partial charge in [0.25, 0.3) is 5.92 Å². The zero-order valence-corrected chi connectivity index (χ0v) is 8.64. The van der Waals surface area contributed by atoms with E-state index in [0.29, 0.717) is 0 Å². The summed E-state index contributed by atoms with van der Waals surface area (Å²) in [7, 11) is 0. The highest BCUT2D eigenvalue weighted by atomic mass is 19.3. The Bertz CT molecular complexity index is 346. The van der Waals surface area contributed by atoms with Gasteiger partial charge in [0.1, 0.15) is 0 Å². The molecule has 1 aromatic rings. The molecule has 0 saturated carbocycles. The Morgan fingerprint density at radius 1 is 1.36 bits per heavy atom. The quantitative estimate of drug-likeness (QED) is 0.664. The van der Waals surface area contributed by atoms with Crippen molar-refractivity contribution in [3.05, 3.63) is 41.5 Å². The molecule has 0 bridgehead atoms. The minimum atomic E-state index is -2.76. The number of allylic oxidation sites excluding steroid dienone is 2. The topological polar surface area (TPSA) is 0 Å². The van der Waals surface area contributed by atoms with Crippen molar-refractivity contribution in [3.63, 3.8) is 0 Å². The lowest BCUT2D eigenvalue weighted by Crippen LogP contribution is -2.06.